The molecule has 0 bridgehead atoms. The molecule has 0 unspecified atom stereocenters. The summed E-state index contributed by atoms with van der Waals surface area (Å²) < 4.78 is 18.2. The maximum atomic E-state index is 12.9. The zero-order chi connectivity index (χ0) is 30.1. The highest BCUT2D eigenvalue weighted by Gasteiger charge is 2.15. The zero-order valence-corrected chi connectivity index (χ0v) is 26.0. The van der Waals surface area contributed by atoms with E-state index in [2.05, 4.69) is 21.2 Å². The van der Waals surface area contributed by atoms with Crippen molar-refractivity contribution in [2.45, 2.75) is 27.1 Å². The number of carbonyl (C=O) groups excluding carboxylic acids is 1. The van der Waals surface area contributed by atoms with Gasteiger partial charge in [-0.3, -0.25) is 4.79 Å². The van der Waals surface area contributed by atoms with Crippen molar-refractivity contribution in [1.29, 1.82) is 5.26 Å². The van der Waals surface area contributed by atoms with Gasteiger partial charge in [-0.25, -0.2) is 0 Å². The van der Waals surface area contributed by atoms with E-state index < -0.39 is 5.91 Å². The second-order valence-corrected chi connectivity index (χ2v) is 10.9. The van der Waals surface area contributed by atoms with Crippen molar-refractivity contribution in [3.8, 4) is 23.3 Å². The van der Waals surface area contributed by atoms with Crippen LogP contribution >= 0.6 is 39.1 Å². The van der Waals surface area contributed by atoms with Gasteiger partial charge in [-0.1, -0.05) is 59.1 Å². The van der Waals surface area contributed by atoms with E-state index in [1.165, 1.54) is 11.6 Å². The second kappa shape index (κ2) is 14.8. The highest BCUT2D eigenvalue weighted by molar-refractivity contribution is 9.10. The number of benzene rings is 4. The molecule has 0 saturated carbocycles. The average Bonchev–Trinajstić information content (AvgIpc) is 2.97. The molecule has 1 amide bonds. The lowest BCUT2D eigenvalue weighted by Crippen LogP contribution is -2.13. The number of nitrogens with one attached hydrogen (secondary N) is 1. The van der Waals surface area contributed by atoms with E-state index in [-0.39, 0.29) is 12.2 Å². The Labute approximate surface area is 263 Å². The summed E-state index contributed by atoms with van der Waals surface area (Å²) in [7, 11) is 0. The molecule has 4 rings (SSSR count). The highest BCUT2D eigenvalue weighted by atomic mass is 79.9. The standard InChI is InChI=1S/C33H27BrCl2N2O4/c1-3-40-31-16-23(15-29(34)32(31)42-20-24-8-9-26(35)17-30(24)36)14-25(18-37)33(39)38-27-10-12-28(13-11-27)41-19-22-6-4-21(2)5-7-22/h4-17H,3,19-20H2,1-2H3,(H,38,39)/b25-14+. The van der Waals surface area contributed by atoms with Gasteiger partial charge in [0.25, 0.3) is 5.91 Å². The molecule has 0 aliphatic carbocycles. The number of rotatable bonds is 11. The Morgan fingerprint density at radius 3 is 2.36 bits per heavy atom. The molecule has 0 saturated heterocycles. The monoisotopic (exact) mass is 664 g/mol. The van der Waals surface area contributed by atoms with Gasteiger partial charge >= 0.3 is 0 Å². The summed E-state index contributed by atoms with van der Waals surface area (Å²) >= 11 is 15.8. The van der Waals surface area contributed by atoms with Crippen LogP contribution in [0.15, 0.2) is 88.9 Å². The maximum Gasteiger partial charge on any atom is 0.266 e. The van der Waals surface area contributed by atoms with E-state index in [0.717, 1.165) is 11.1 Å². The predicted molar refractivity (Wildman–Crippen MR) is 170 cm³/mol. The molecular formula is C33H27BrCl2N2O4. The number of ether oxygens (including phenoxy) is 3. The van der Waals surface area contributed by atoms with Crippen LogP contribution in [0.1, 0.15) is 29.2 Å². The molecular weight excluding hydrogens is 639 g/mol. The average molecular weight is 666 g/mol. The SMILES string of the molecule is CCOc1cc(/C=C(\C#N)C(=O)Nc2ccc(OCc3ccc(C)cc3)cc2)cc(Br)c1OCc1ccc(Cl)cc1Cl. The lowest BCUT2D eigenvalue weighted by atomic mass is 10.1. The molecule has 0 fully saturated rings. The molecule has 0 aromatic heterocycles. The largest absolute Gasteiger partial charge is 0.490 e. The summed E-state index contributed by atoms with van der Waals surface area (Å²) in [5.41, 5.74) is 4.04. The number of hydrogen-bond acceptors (Lipinski definition) is 5. The van der Waals surface area contributed by atoms with E-state index in [9.17, 15) is 10.1 Å². The van der Waals surface area contributed by atoms with Crippen LogP contribution in [0.4, 0.5) is 5.69 Å². The Balaban J connectivity index is 1.44. The molecule has 0 radical (unpaired) electrons. The Bertz CT molecular complexity index is 1630. The fourth-order valence-corrected chi connectivity index (χ4v) is 4.90. The summed E-state index contributed by atoms with van der Waals surface area (Å²) in [6.45, 7) is 4.89. The fraction of sp³-hybridized carbons (Fsp3) is 0.152. The predicted octanol–water partition coefficient (Wildman–Crippen LogP) is 9.17. The minimum atomic E-state index is -0.544. The van der Waals surface area contributed by atoms with Gasteiger partial charge in [-0.2, -0.15) is 5.26 Å². The molecule has 0 aliphatic rings. The molecule has 4 aromatic rings. The summed E-state index contributed by atoms with van der Waals surface area (Å²) in [4.78, 5) is 12.9. The van der Waals surface area contributed by atoms with Gasteiger partial charge < -0.3 is 19.5 Å². The molecule has 6 nitrogen and oxygen atoms in total. The molecule has 0 heterocycles. The van der Waals surface area contributed by atoms with Crippen molar-refractivity contribution in [3.05, 3.63) is 121 Å². The Morgan fingerprint density at radius 1 is 0.952 bits per heavy atom. The second-order valence-electron chi connectivity index (χ2n) is 9.21. The normalized spacial score (nSPS) is 11.0. The van der Waals surface area contributed by atoms with Gasteiger partial charge in [0.15, 0.2) is 11.5 Å². The first kappa shape index (κ1) is 31.0. The van der Waals surface area contributed by atoms with Crippen LogP contribution in [0.3, 0.4) is 0 Å². The topological polar surface area (TPSA) is 80.6 Å². The first-order valence-electron chi connectivity index (χ1n) is 13.0. The van der Waals surface area contributed by atoms with Crippen molar-refractivity contribution in [2.75, 3.05) is 11.9 Å². The van der Waals surface area contributed by atoms with E-state index in [1.807, 2.05) is 44.2 Å². The number of carbonyl (C=O) groups is 1. The van der Waals surface area contributed by atoms with Gasteiger partial charge in [0.1, 0.15) is 30.6 Å². The molecule has 0 atom stereocenters. The smallest absolute Gasteiger partial charge is 0.266 e. The van der Waals surface area contributed by atoms with E-state index in [1.54, 1.807) is 54.6 Å². The molecule has 1 N–H and O–H groups in total. The number of anilines is 1. The van der Waals surface area contributed by atoms with Gasteiger partial charge in [0, 0.05) is 21.3 Å². The molecule has 0 aliphatic heterocycles. The van der Waals surface area contributed by atoms with Crippen molar-refractivity contribution < 1.29 is 19.0 Å². The third-order valence-electron chi connectivity index (χ3n) is 6.03. The van der Waals surface area contributed by atoms with E-state index >= 15 is 0 Å². The van der Waals surface area contributed by atoms with Crippen LogP contribution < -0.4 is 19.5 Å². The highest BCUT2D eigenvalue weighted by Crippen LogP contribution is 2.38. The zero-order valence-electron chi connectivity index (χ0n) is 22.9. The lowest BCUT2D eigenvalue weighted by molar-refractivity contribution is -0.112. The number of halogens is 3. The number of amides is 1. The first-order valence-corrected chi connectivity index (χ1v) is 14.5. The van der Waals surface area contributed by atoms with Crippen molar-refractivity contribution in [1.82, 2.24) is 0 Å². The van der Waals surface area contributed by atoms with Crippen molar-refractivity contribution in [2.24, 2.45) is 0 Å². The van der Waals surface area contributed by atoms with E-state index in [4.69, 9.17) is 37.4 Å². The third-order valence-corrected chi connectivity index (χ3v) is 7.21. The summed E-state index contributed by atoms with van der Waals surface area (Å²) in [6.07, 6.45) is 1.49. The van der Waals surface area contributed by atoms with Gasteiger partial charge in [0.2, 0.25) is 0 Å². The molecule has 4 aromatic carbocycles. The van der Waals surface area contributed by atoms with Crippen molar-refractivity contribution >= 4 is 56.8 Å². The van der Waals surface area contributed by atoms with Crippen molar-refractivity contribution in [3.63, 3.8) is 0 Å². The minimum absolute atomic E-state index is 0.0781. The molecule has 42 heavy (non-hydrogen) atoms. The Morgan fingerprint density at radius 2 is 1.69 bits per heavy atom. The van der Waals surface area contributed by atoms with Gasteiger partial charge in [-0.15, -0.1) is 0 Å². The summed E-state index contributed by atoms with van der Waals surface area (Å²) in [5.74, 6) is 1.03. The van der Waals surface area contributed by atoms with E-state index in [0.29, 0.717) is 56.2 Å². The number of nitrogens with zero attached hydrogens (tertiary/aromatic N) is 1. The Hall–Kier alpha value is -3.96. The molecule has 9 heteroatoms. The number of aryl methyl sites for hydroxylation is 1. The maximum absolute atomic E-state index is 12.9. The van der Waals surface area contributed by atoms with Crippen LogP contribution in [0.25, 0.3) is 6.08 Å². The van der Waals surface area contributed by atoms with Gasteiger partial charge in [0.05, 0.1) is 11.1 Å². The van der Waals surface area contributed by atoms with Crippen LogP contribution in [0.2, 0.25) is 10.0 Å². The number of hydrogen-bond donors (Lipinski definition) is 1. The molecule has 0 spiro atoms. The quantitative estimate of drug-likeness (QED) is 0.128. The Kier molecular flexibility index (Phi) is 10.9. The fourth-order valence-electron chi connectivity index (χ4n) is 3.86. The van der Waals surface area contributed by atoms with Crippen LogP contribution in [0, 0.1) is 18.3 Å². The summed E-state index contributed by atoms with van der Waals surface area (Å²) in [6, 6.07) is 25.7. The summed E-state index contributed by atoms with van der Waals surface area (Å²) in [5, 5.41) is 13.5. The van der Waals surface area contributed by atoms with Crippen LogP contribution in [-0.2, 0) is 18.0 Å². The lowest BCUT2D eigenvalue weighted by Gasteiger charge is -2.15. The van der Waals surface area contributed by atoms with Crippen LogP contribution in [0.5, 0.6) is 17.2 Å². The van der Waals surface area contributed by atoms with Gasteiger partial charge in [-0.05, 0) is 95.5 Å². The van der Waals surface area contributed by atoms with Crippen LogP contribution in [-0.4, -0.2) is 12.5 Å². The first-order chi connectivity index (χ1) is 20.2. The minimum Gasteiger partial charge on any atom is -0.490 e. The molecule has 214 valence electrons. The number of nitriles is 1. The third kappa shape index (κ3) is 8.53.